The van der Waals surface area contributed by atoms with Gasteiger partial charge in [-0.15, -0.1) is 0 Å². The molecule has 0 saturated carbocycles. The number of rotatable bonds is 8. The lowest BCUT2D eigenvalue weighted by atomic mass is 9.85. The zero-order valence-corrected chi connectivity index (χ0v) is 16.0. The Labute approximate surface area is 172 Å². The van der Waals surface area contributed by atoms with E-state index in [1.54, 1.807) is 27.1 Å². The number of carbonyl (C=O) groups is 1. The van der Waals surface area contributed by atoms with Gasteiger partial charge in [0, 0.05) is 13.4 Å². The van der Waals surface area contributed by atoms with E-state index in [2.05, 4.69) is 0 Å². The Bertz CT molecular complexity index is 822. The van der Waals surface area contributed by atoms with Crippen molar-refractivity contribution in [2.75, 3.05) is 20.6 Å². The van der Waals surface area contributed by atoms with Gasteiger partial charge in [-0.05, 0) is 50.0 Å². The first-order valence-corrected chi connectivity index (χ1v) is 8.91. The van der Waals surface area contributed by atoms with Crippen LogP contribution in [0.5, 0.6) is 5.75 Å². The maximum Gasteiger partial charge on any atom is 0.335 e. The van der Waals surface area contributed by atoms with Crippen molar-refractivity contribution >= 4 is 5.97 Å². The van der Waals surface area contributed by atoms with Crippen molar-refractivity contribution in [3.63, 3.8) is 0 Å². The van der Waals surface area contributed by atoms with Gasteiger partial charge in [-0.2, -0.15) is 0 Å². The quantitative estimate of drug-likeness (QED) is 0.500. The number of carboxylic acids is 1. The number of aliphatic carboxylic acids is 1. The van der Waals surface area contributed by atoms with Crippen LogP contribution >= 0.6 is 0 Å². The second kappa shape index (κ2) is 9.67. The topological polar surface area (TPSA) is 120 Å². The van der Waals surface area contributed by atoms with Crippen LogP contribution in [0.3, 0.4) is 0 Å². The van der Waals surface area contributed by atoms with E-state index in [4.69, 9.17) is 16.3 Å². The van der Waals surface area contributed by atoms with Crippen molar-refractivity contribution in [1.29, 1.82) is 0 Å². The molecule has 158 valence electrons. The van der Waals surface area contributed by atoms with E-state index in [-0.39, 0.29) is 5.75 Å². The van der Waals surface area contributed by atoms with Crippen molar-refractivity contribution in [3.05, 3.63) is 29.8 Å². The predicted octanol–water partition coefficient (Wildman–Crippen LogP) is 0.649. The second-order valence-corrected chi connectivity index (χ2v) is 7.29. The summed E-state index contributed by atoms with van der Waals surface area (Å²) in [5.41, 5.74) is 0.323. The fourth-order valence-electron chi connectivity index (χ4n) is 3.30. The number of aliphatic hydroxyl groups is 3. The highest BCUT2D eigenvalue weighted by Crippen LogP contribution is 2.32. The summed E-state index contributed by atoms with van der Waals surface area (Å²) >= 11 is 0. The van der Waals surface area contributed by atoms with Crippen LogP contribution in [0.1, 0.15) is 38.5 Å². The Hall–Kier alpha value is -1.71. The molecular formula is C20H31NO7. The minimum atomic E-state index is -2.91. The molecule has 8 nitrogen and oxygen atoms in total. The average Bonchev–Trinajstić information content (AvgIpc) is 2.67. The molecule has 1 aliphatic rings. The third-order valence-corrected chi connectivity index (χ3v) is 4.66. The summed E-state index contributed by atoms with van der Waals surface area (Å²) in [7, 11) is 3.58. The summed E-state index contributed by atoms with van der Waals surface area (Å²) in [6.07, 6.45) is -11.5. The number of benzene rings is 1. The molecule has 4 N–H and O–H groups in total. The number of hydrogen-bond donors (Lipinski definition) is 4. The van der Waals surface area contributed by atoms with E-state index in [1.807, 2.05) is 4.90 Å². The molecule has 0 aliphatic carbocycles. The van der Waals surface area contributed by atoms with Crippen LogP contribution < -0.4 is 4.74 Å². The summed E-state index contributed by atoms with van der Waals surface area (Å²) in [6.45, 7) is -0.766. The van der Waals surface area contributed by atoms with Crippen molar-refractivity contribution in [3.8, 4) is 5.75 Å². The van der Waals surface area contributed by atoms with Gasteiger partial charge in [-0.3, -0.25) is 0 Å². The summed E-state index contributed by atoms with van der Waals surface area (Å²) < 4.78 is 50.6. The third-order valence-electron chi connectivity index (χ3n) is 4.66. The highest BCUT2D eigenvalue weighted by Gasteiger charge is 2.48. The summed E-state index contributed by atoms with van der Waals surface area (Å²) in [4.78, 5) is 13.1. The van der Waals surface area contributed by atoms with E-state index in [9.17, 15) is 25.2 Å². The first kappa shape index (κ1) is 16.1. The summed E-state index contributed by atoms with van der Waals surface area (Å²) in [5.74, 6) is -3.00. The molecule has 1 aromatic carbocycles. The minimum absolute atomic E-state index is 0.0349. The predicted molar refractivity (Wildman–Crippen MR) is 102 cm³/mol. The summed E-state index contributed by atoms with van der Waals surface area (Å²) in [6, 6.07) is 5.89. The van der Waals surface area contributed by atoms with Crippen LogP contribution in [0.4, 0.5) is 0 Å². The zero-order chi connectivity index (χ0) is 25.3. The maximum absolute atomic E-state index is 11.3. The molecule has 7 atom stereocenters. The molecule has 0 radical (unpaired) electrons. The minimum Gasteiger partial charge on any atom is -0.479 e. The Balaban J connectivity index is 2.39. The molecule has 28 heavy (non-hydrogen) atoms. The number of ether oxygens (including phenoxy) is 2. The van der Waals surface area contributed by atoms with E-state index in [1.165, 1.54) is 18.2 Å². The van der Waals surface area contributed by atoms with Gasteiger partial charge in [0.05, 0.1) is 0 Å². The van der Waals surface area contributed by atoms with Gasteiger partial charge >= 0.3 is 5.97 Å². The monoisotopic (exact) mass is 402 g/mol. The Morgan fingerprint density at radius 2 is 2.04 bits per heavy atom. The van der Waals surface area contributed by atoms with Gasteiger partial charge in [0.2, 0.25) is 6.29 Å². The molecular weight excluding hydrogens is 366 g/mol. The molecule has 0 spiro atoms. The first-order chi connectivity index (χ1) is 15.1. The Morgan fingerprint density at radius 3 is 2.64 bits per heavy atom. The molecule has 1 saturated heterocycles. The van der Waals surface area contributed by atoms with Crippen molar-refractivity contribution in [1.82, 2.24) is 4.90 Å². The van der Waals surface area contributed by atoms with Crippen LogP contribution in [0.15, 0.2) is 24.3 Å². The number of aliphatic hydroxyl groups excluding tert-OH is 3. The highest BCUT2D eigenvalue weighted by atomic mass is 16.7. The van der Waals surface area contributed by atoms with Crippen LogP contribution in [-0.4, -0.2) is 82.6 Å². The zero-order valence-electron chi connectivity index (χ0n) is 21.0. The molecule has 1 aromatic rings. The fourth-order valence-corrected chi connectivity index (χ4v) is 3.30. The van der Waals surface area contributed by atoms with Gasteiger partial charge < -0.3 is 34.8 Å². The Kier molecular flexibility index (Phi) is 5.57. The fraction of sp³-hybridized carbons (Fsp3) is 0.650. The second-order valence-electron chi connectivity index (χ2n) is 7.29. The van der Waals surface area contributed by atoms with Gasteiger partial charge in [-0.25, -0.2) is 4.79 Å². The van der Waals surface area contributed by atoms with Gasteiger partial charge in [0.25, 0.3) is 0 Å². The molecule has 2 unspecified atom stereocenters. The van der Waals surface area contributed by atoms with Crippen molar-refractivity contribution in [2.45, 2.75) is 56.8 Å². The molecule has 0 amide bonds. The third kappa shape index (κ3) is 5.21. The smallest absolute Gasteiger partial charge is 0.335 e. The van der Waals surface area contributed by atoms with Gasteiger partial charge in [-0.1, -0.05) is 25.9 Å². The van der Waals surface area contributed by atoms with E-state index in [0.29, 0.717) is 12.1 Å². The van der Waals surface area contributed by atoms with Gasteiger partial charge in [0.15, 0.2) is 6.10 Å². The van der Waals surface area contributed by atoms with E-state index in [0.717, 1.165) is 0 Å². The molecule has 1 fully saturated rings. The lowest BCUT2D eigenvalue weighted by molar-refractivity contribution is -0.271. The average molecular weight is 402 g/mol. The number of hydrogen-bond acceptors (Lipinski definition) is 7. The van der Waals surface area contributed by atoms with Crippen molar-refractivity contribution in [2.24, 2.45) is 5.92 Å². The van der Waals surface area contributed by atoms with Gasteiger partial charge in [0.1, 0.15) is 24.1 Å². The lowest BCUT2D eigenvalue weighted by Crippen LogP contribution is -2.61. The normalized spacial score (nSPS) is 33.7. The SMILES string of the molecule is [2H]C([2H])([2H])C([2H])([2H])[C@@H](c1cccc(O[C@@H]2O[C@H](C(=O)O)[C@@H](O)C(O)C2O)c1)[C@@H](C)CN(C)C. The number of nitrogens with zero attached hydrogens (tertiary/aromatic N) is 1. The standard InChI is InChI=1S/C20H31NO7/c1-5-14(11(2)10-21(3)4)12-7-6-8-13(9-12)27-20-17(24)15(22)16(23)18(28-20)19(25)26/h6-9,11,14-18,20,22-24H,5,10H2,1-4H3,(H,25,26)/t11-,14+,15?,16-,17?,18-,20+/m0/s1/i1D3,5D2. The molecule has 0 bridgehead atoms. The first-order valence-electron chi connectivity index (χ1n) is 11.4. The lowest BCUT2D eigenvalue weighted by Gasteiger charge is -2.38. The van der Waals surface area contributed by atoms with E-state index >= 15 is 0 Å². The van der Waals surface area contributed by atoms with Crippen LogP contribution in [-0.2, 0) is 9.53 Å². The van der Waals surface area contributed by atoms with E-state index < -0.39 is 61.7 Å². The van der Waals surface area contributed by atoms with Crippen LogP contribution in [0.2, 0.25) is 0 Å². The molecule has 1 aliphatic heterocycles. The van der Waals surface area contributed by atoms with Crippen LogP contribution in [0.25, 0.3) is 0 Å². The molecule has 2 rings (SSSR count). The largest absolute Gasteiger partial charge is 0.479 e. The molecule has 1 heterocycles. The summed E-state index contributed by atoms with van der Waals surface area (Å²) in [5, 5.41) is 39.1. The highest BCUT2D eigenvalue weighted by molar-refractivity contribution is 5.73. The van der Waals surface area contributed by atoms with Crippen molar-refractivity contribution < 1.29 is 41.5 Å². The Morgan fingerprint density at radius 1 is 1.32 bits per heavy atom. The van der Waals surface area contributed by atoms with Crippen LogP contribution in [0, 0.1) is 5.92 Å². The maximum atomic E-state index is 11.3. The molecule has 0 aromatic heterocycles. The molecule has 8 heteroatoms. The number of carboxylic acid groups (broad SMARTS) is 1.